The predicted molar refractivity (Wildman–Crippen MR) is 81.1 cm³/mol. The molecule has 0 spiro atoms. The molecule has 3 rings (SSSR count). The van der Waals surface area contributed by atoms with Crippen molar-refractivity contribution in [1.82, 2.24) is 9.55 Å². The van der Waals surface area contributed by atoms with Gasteiger partial charge in [0.2, 0.25) is 0 Å². The number of hydrogen-bond donors (Lipinski definition) is 0. The molecule has 2 heterocycles. The highest BCUT2D eigenvalue weighted by Crippen LogP contribution is 2.27. The van der Waals surface area contributed by atoms with Crippen LogP contribution in [0, 0.1) is 0 Å². The second kappa shape index (κ2) is 6.22. The molecule has 2 aromatic rings. The van der Waals surface area contributed by atoms with Crippen molar-refractivity contribution in [3.05, 3.63) is 24.0 Å². The molecule has 21 heavy (non-hydrogen) atoms. The first-order chi connectivity index (χ1) is 10.2. The number of hydrogen-bond acceptors (Lipinski definition) is 4. The molecule has 114 valence electrons. The van der Waals surface area contributed by atoms with Gasteiger partial charge in [-0.2, -0.15) is 0 Å². The Labute approximate surface area is 128 Å². The number of halogens is 1. The molecule has 2 atom stereocenters. The van der Waals surface area contributed by atoms with E-state index in [1.807, 2.05) is 25.1 Å². The number of ether oxygens (including phenoxy) is 3. The summed E-state index contributed by atoms with van der Waals surface area (Å²) in [6, 6.07) is 5.86. The highest BCUT2D eigenvalue weighted by molar-refractivity contribution is 6.20. The zero-order valence-electron chi connectivity index (χ0n) is 12.2. The predicted octanol–water partition coefficient (Wildman–Crippen LogP) is 2.76. The summed E-state index contributed by atoms with van der Waals surface area (Å²) in [6.45, 7) is 4.52. The second-order valence-electron chi connectivity index (χ2n) is 5.12. The van der Waals surface area contributed by atoms with Crippen LogP contribution in [0.5, 0.6) is 5.75 Å². The quantitative estimate of drug-likeness (QED) is 0.815. The lowest BCUT2D eigenvalue weighted by atomic mass is 10.2. The first kappa shape index (κ1) is 14.6. The fraction of sp³-hybridized carbons (Fsp3) is 0.533. The van der Waals surface area contributed by atoms with Crippen molar-refractivity contribution in [3.8, 4) is 5.75 Å². The Hall–Kier alpha value is -1.30. The fourth-order valence-corrected chi connectivity index (χ4v) is 2.76. The van der Waals surface area contributed by atoms with E-state index in [1.54, 1.807) is 7.11 Å². The lowest BCUT2D eigenvalue weighted by Crippen LogP contribution is -2.32. The molecular weight excluding hydrogens is 292 g/mol. The van der Waals surface area contributed by atoms with Crippen LogP contribution < -0.4 is 4.74 Å². The minimum absolute atomic E-state index is 0.0346. The molecular formula is C15H19ClN2O3. The Morgan fingerprint density at radius 1 is 1.48 bits per heavy atom. The first-order valence-corrected chi connectivity index (χ1v) is 7.50. The maximum Gasteiger partial charge on any atom is 0.127 e. The average molecular weight is 311 g/mol. The number of alkyl halides is 1. The minimum Gasteiger partial charge on any atom is -0.497 e. The number of methoxy groups -OCH3 is 1. The SMILES string of the molecule is COc1ccc2c(c1)nc(C(C)Cl)n2CC1COCCO1. The summed E-state index contributed by atoms with van der Waals surface area (Å²) in [5.74, 6) is 1.63. The van der Waals surface area contributed by atoms with Crippen molar-refractivity contribution >= 4 is 22.6 Å². The third-order valence-corrected chi connectivity index (χ3v) is 3.81. The Morgan fingerprint density at radius 2 is 2.33 bits per heavy atom. The maximum absolute atomic E-state index is 6.28. The van der Waals surface area contributed by atoms with E-state index in [1.165, 1.54) is 0 Å². The standard InChI is InChI=1S/C15H19ClN2O3/c1-10(16)15-17-13-7-11(19-2)3-4-14(13)18(15)8-12-9-20-5-6-21-12/h3-4,7,10,12H,5-6,8-9H2,1-2H3. The van der Waals surface area contributed by atoms with Crippen molar-refractivity contribution in [3.63, 3.8) is 0 Å². The molecule has 1 aromatic carbocycles. The Balaban J connectivity index is 1.99. The summed E-state index contributed by atoms with van der Waals surface area (Å²) in [4.78, 5) is 4.64. The third-order valence-electron chi connectivity index (χ3n) is 3.61. The van der Waals surface area contributed by atoms with Gasteiger partial charge in [0.1, 0.15) is 11.6 Å². The van der Waals surface area contributed by atoms with E-state index >= 15 is 0 Å². The van der Waals surface area contributed by atoms with Crippen molar-refractivity contribution in [2.45, 2.75) is 24.9 Å². The molecule has 0 saturated carbocycles. The van der Waals surface area contributed by atoms with Crippen LogP contribution in [0.3, 0.4) is 0 Å². The molecule has 6 heteroatoms. The van der Waals surface area contributed by atoms with Gasteiger partial charge in [0.15, 0.2) is 0 Å². The van der Waals surface area contributed by atoms with Crippen LogP contribution in [-0.2, 0) is 16.0 Å². The normalized spacial score (nSPS) is 20.6. The molecule has 1 aromatic heterocycles. The van der Waals surface area contributed by atoms with Gasteiger partial charge >= 0.3 is 0 Å². The van der Waals surface area contributed by atoms with Gasteiger partial charge in [0, 0.05) is 6.07 Å². The molecule has 2 unspecified atom stereocenters. The molecule has 1 aliphatic heterocycles. The Morgan fingerprint density at radius 3 is 3.00 bits per heavy atom. The summed E-state index contributed by atoms with van der Waals surface area (Å²) in [6.07, 6.45) is 0.0346. The van der Waals surface area contributed by atoms with Gasteiger partial charge in [-0.15, -0.1) is 11.6 Å². The molecule has 0 amide bonds. The lowest BCUT2D eigenvalue weighted by molar-refractivity contribution is -0.0934. The molecule has 0 N–H and O–H groups in total. The third kappa shape index (κ3) is 3.00. The number of benzene rings is 1. The van der Waals surface area contributed by atoms with E-state index in [2.05, 4.69) is 9.55 Å². The molecule has 0 aliphatic carbocycles. The summed E-state index contributed by atoms with van der Waals surface area (Å²) < 4.78 is 18.6. The topological polar surface area (TPSA) is 45.5 Å². The zero-order chi connectivity index (χ0) is 14.8. The van der Waals surface area contributed by atoms with E-state index in [0.717, 1.165) is 22.6 Å². The summed E-state index contributed by atoms with van der Waals surface area (Å²) >= 11 is 6.28. The maximum atomic E-state index is 6.28. The average Bonchev–Trinajstić information content (AvgIpc) is 2.86. The first-order valence-electron chi connectivity index (χ1n) is 7.06. The summed E-state index contributed by atoms with van der Waals surface area (Å²) in [5, 5.41) is -0.173. The van der Waals surface area contributed by atoms with E-state index in [9.17, 15) is 0 Å². The van der Waals surface area contributed by atoms with Gasteiger partial charge in [-0.1, -0.05) is 0 Å². The summed E-state index contributed by atoms with van der Waals surface area (Å²) in [7, 11) is 1.65. The van der Waals surface area contributed by atoms with Crippen molar-refractivity contribution in [2.75, 3.05) is 26.9 Å². The molecule has 1 saturated heterocycles. The second-order valence-corrected chi connectivity index (χ2v) is 5.77. The van der Waals surface area contributed by atoms with Gasteiger partial charge in [0.05, 0.1) is 56.0 Å². The van der Waals surface area contributed by atoms with Gasteiger partial charge in [-0.05, 0) is 19.1 Å². The Kier molecular flexibility index (Phi) is 4.33. The smallest absolute Gasteiger partial charge is 0.127 e. The number of fused-ring (bicyclic) bond motifs is 1. The Bertz CT molecular complexity index is 621. The van der Waals surface area contributed by atoms with Crippen molar-refractivity contribution in [2.24, 2.45) is 0 Å². The molecule has 0 bridgehead atoms. The minimum atomic E-state index is -0.173. The van der Waals surface area contributed by atoms with Crippen molar-refractivity contribution in [1.29, 1.82) is 0 Å². The number of imidazole rings is 1. The largest absolute Gasteiger partial charge is 0.497 e. The van der Waals surface area contributed by atoms with E-state index in [-0.39, 0.29) is 11.5 Å². The monoisotopic (exact) mass is 310 g/mol. The van der Waals surface area contributed by atoms with Crippen molar-refractivity contribution < 1.29 is 14.2 Å². The fourth-order valence-electron chi connectivity index (χ4n) is 2.60. The molecule has 0 radical (unpaired) electrons. The van der Waals surface area contributed by atoms with Crippen LogP contribution >= 0.6 is 11.6 Å². The van der Waals surface area contributed by atoms with Crippen LogP contribution in [0.15, 0.2) is 18.2 Å². The highest BCUT2D eigenvalue weighted by Gasteiger charge is 2.21. The highest BCUT2D eigenvalue weighted by atomic mass is 35.5. The van der Waals surface area contributed by atoms with Crippen LogP contribution in [-0.4, -0.2) is 42.6 Å². The zero-order valence-corrected chi connectivity index (χ0v) is 13.0. The van der Waals surface area contributed by atoms with Crippen LogP contribution in [0.4, 0.5) is 0 Å². The van der Waals surface area contributed by atoms with Gasteiger partial charge < -0.3 is 18.8 Å². The van der Waals surface area contributed by atoms with E-state index < -0.39 is 0 Å². The number of nitrogens with zero attached hydrogens (tertiary/aromatic N) is 2. The van der Waals surface area contributed by atoms with Crippen LogP contribution in [0.2, 0.25) is 0 Å². The molecule has 5 nitrogen and oxygen atoms in total. The number of rotatable bonds is 4. The van der Waals surface area contributed by atoms with E-state index in [0.29, 0.717) is 26.4 Å². The van der Waals surface area contributed by atoms with Gasteiger partial charge in [-0.3, -0.25) is 0 Å². The number of aromatic nitrogens is 2. The van der Waals surface area contributed by atoms with Crippen LogP contribution in [0.1, 0.15) is 18.1 Å². The van der Waals surface area contributed by atoms with Crippen LogP contribution in [0.25, 0.3) is 11.0 Å². The molecule has 1 fully saturated rings. The molecule has 1 aliphatic rings. The van der Waals surface area contributed by atoms with E-state index in [4.69, 9.17) is 25.8 Å². The van der Waals surface area contributed by atoms with Gasteiger partial charge in [-0.25, -0.2) is 4.98 Å². The van der Waals surface area contributed by atoms with Gasteiger partial charge in [0.25, 0.3) is 0 Å². The summed E-state index contributed by atoms with van der Waals surface area (Å²) in [5.41, 5.74) is 1.92. The lowest BCUT2D eigenvalue weighted by Gasteiger charge is -2.24.